The number of hydrogen-bond acceptors (Lipinski definition) is 3. The number of unbranched alkanes of at least 4 members (excludes halogenated alkanes) is 1. The molecule has 1 heterocycles. The number of ether oxygens (including phenoxy) is 1. The summed E-state index contributed by atoms with van der Waals surface area (Å²) in [6.45, 7) is 2.72. The van der Waals surface area contributed by atoms with Crippen molar-refractivity contribution >= 4 is 17.5 Å². The van der Waals surface area contributed by atoms with E-state index in [0.29, 0.717) is 23.0 Å². The predicted octanol–water partition coefficient (Wildman–Crippen LogP) is 4.73. The third kappa shape index (κ3) is 4.31. The van der Waals surface area contributed by atoms with Crippen molar-refractivity contribution in [3.8, 4) is 22.7 Å². The molecule has 0 aliphatic heterocycles. The number of methoxy groups -OCH3 is 1. The fraction of sp³-hybridized carbons (Fsp3) is 0.238. The number of carbonyl (C=O) groups excluding carboxylic acids is 1. The van der Waals surface area contributed by atoms with Crippen LogP contribution in [0.3, 0.4) is 0 Å². The van der Waals surface area contributed by atoms with Crippen LogP contribution in [0.1, 0.15) is 30.3 Å². The van der Waals surface area contributed by atoms with Crippen LogP contribution in [0.25, 0.3) is 16.9 Å². The standard InChI is InChI=1S/C21H22ClN3O2/c1-3-4-13-23-21(26)20-14-19(17-7-5-6-8-18(17)22)24-25(20)15-9-11-16(27-2)12-10-15/h5-12,14H,3-4,13H2,1-2H3,(H,23,26). The molecule has 0 spiro atoms. The van der Waals surface area contributed by atoms with Crippen LogP contribution in [-0.4, -0.2) is 29.3 Å². The van der Waals surface area contributed by atoms with Gasteiger partial charge in [0, 0.05) is 12.1 Å². The summed E-state index contributed by atoms with van der Waals surface area (Å²) in [5, 5.41) is 8.19. The van der Waals surface area contributed by atoms with E-state index in [4.69, 9.17) is 16.3 Å². The number of aromatic nitrogens is 2. The second-order valence-electron chi connectivity index (χ2n) is 6.11. The Morgan fingerprint density at radius 2 is 1.93 bits per heavy atom. The highest BCUT2D eigenvalue weighted by Gasteiger charge is 2.18. The van der Waals surface area contributed by atoms with Crippen molar-refractivity contribution in [2.45, 2.75) is 19.8 Å². The van der Waals surface area contributed by atoms with E-state index in [2.05, 4.69) is 17.3 Å². The van der Waals surface area contributed by atoms with Crippen molar-refractivity contribution in [1.29, 1.82) is 0 Å². The van der Waals surface area contributed by atoms with Crippen LogP contribution in [0.5, 0.6) is 5.75 Å². The fourth-order valence-electron chi connectivity index (χ4n) is 2.73. The summed E-state index contributed by atoms with van der Waals surface area (Å²) in [7, 11) is 1.62. The highest BCUT2D eigenvalue weighted by atomic mass is 35.5. The van der Waals surface area contributed by atoms with Crippen LogP contribution in [0, 0.1) is 0 Å². The molecule has 0 aliphatic rings. The smallest absolute Gasteiger partial charge is 0.270 e. The third-order valence-electron chi connectivity index (χ3n) is 4.22. The van der Waals surface area contributed by atoms with Crippen LogP contribution in [-0.2, 0) is 0 Å². The van der Waals surface area contributed by atoms with Crippen molar-refractivity contribution < 1.29 is 9.53 Å². The normalized spacial score (nSPS) is 10.6. The van der Waals surface area contributed by atoms with E-state index in [0.717, 1.165) is 29.8 Å². The average Bonchev–Trinajstić information content (AvgIpc) is 3.14. The Bertz CT molecular complexity index is 919. The number of halogens is 1. The first-order valence-corrected chi connectivity index (χ1v) is 9.29. The summed E-state index contributed by atoms with van der Waals surface area (Å²) in [4.78, 5) is 12.7. The molecule has 0 fully saturated rings. The Labute approximate surface area is 163 Å². The first-order chi connectivity index (χ1) is 13.1. The zero-order chi connectivity index (χ0) is 19.2. The van der Waals surface area contributed by atoms with Gasteiger partial charge < -0.3 is 10.1 Å². The number of benzene rings is 2. The van der Waals surface area contributed by atoms with Gasteiger partial charge in [0.1, 0.15) is 11.4 Å². The van der Waals surface area contributed by atoms with Gasteiger partial charge in [0.05, 0.1) is 23.5 Å². The Morgan fingerprint density at radius 1 is 1.19 bits per heavy atom. The summed E-state index contributed by atoms with van der Waals surface area (Å²) in [5.41, 5.74) is 2.67. The van der Waals surface area contributed by atoms with Crippen molar-refractivity contribution in [2.75, 3.05) is 13.7 Å². The maximum absolute atomic E-state index is 12.7. The molecule has 140 valence electrons. The lowest BCUT2D eigenvalue weighted by Gasteiger charge is -2.09. The van der Waals surface area contributed by atoms with E-state index >= 15 is 0 Å². The molecule has 1 N–H and O–H groups in total. The lowest BCUT2D eigenvalue weighted by atomic mass is 10.1. The zero-order valence-electron chi connectivity index (χ0n) is 15.4. The molecule has 0 saturated carbocycles. The molecule has 1 amide bonds. The van der Waals surface area contributed by atoms with Crippen molar-refractivity contribution in [3.63, 3.8) is 0 Å². The van der Waals surface area contributed by atoms with Gasteiger partial charge in [-0.3, -0.25) is 4.79 Å². The molecule has 2 aromatic carbocycles. The summed E-state index contributed by atoms with van der Waals surface area (Å²) in [6, 6.07) is 16.6. The van der Waals surface area contributed by atoms with Crippen molar-refractivity contribution in [2.24, 2.45) is 0 Å². The minimum Gasteiger partial charge on any atom is -0.497 e. The van der Waals surface area contributed by atoms with Gasteiger partial charge in [-0.2, -0.15) is 5.10 Å². The van der Waals surface area contributed by atoms with Crippen LogP contribution < -0.4 is 10.1 Å². The van der Waals surface area contributed by atoms with Gasteiger partial charge in [-0.05, 0) is 42.8 Å². The number of rotatable bonds is 7. The lowest BCUT2D eigenvalue weighted by molar-refractivity contribution is 0.0945. The van der Waals surface area contributed by atoms with Gasteiger partial charge in [0.15, 0.2) is 0 Å². The molecule has 1 aromatic heterocycles. The molecule has 3 aromatic rings. The third-order valence-corrected chi connectivity index (χ3v) is 4.55. The van der Waals surface area contributed by atoms with Gasteiger partial charge in [0.2, 0.25) is 0 Å². The van der Waals surface area contributed by atoms with Gasteiger partial charge in [0.25, 0.3) is 5.91 Å². The highest BCUT2D eigenvalue weighted by Crippen LogP contribution is 2.28. The molecule has 0 saturated heterocycles. The molecule has 5 nitrogen and oxygen atoms in total. The topological polar surface area (TPSA) is 56.2 Å². The fourth-order valence-corrected chi connectivity index (χ4v) is 2.97. The SMILES string of the molecule is CCCCNC(=O)c1cc(-c2ccccc2Cl)nn1-c1ccc(OC)cc1. The lowest BCUT2D eigenvalue weighted by Crippen LogP contribution is -2.26. The Balaban J connectivity index is 2.03. The van der Waals surface area contributed by atoms with E-state index < -0.39 is 0 Å². The summed E-state index contributed by atoms with van der Waals surface area (Å²) < 4.78 is 6.85. The largest absolute Gasteiger partial charge is 0.497 e. The molecular formula is C21H22ClN3O2. The molecule has 0 aliphatic carbocycles. The number of nitrogens with zero attached hydrogens (tertiary/aromatic N) is 2. The van der Waals surface area contributed by atoms with E-state index in [1.807, 2.05) is 48.5 Å². The van der Waals surface area contributed by atoms with Crippen LogP contribution in [0.2, 0.25) is 5.02 Å². The number of amides is 1. The minimum atomic E-state index is -0.162. The first kappa shape index (κ1) is 19.0. The molecule has 6 heteroatoms. The highest BCUT2D eigenvalue weighted by molar-refractivity contribution is 6.33. The Kier molecular flexibility index (Phi) is 6.14. The van der Waals surface area contributed by atoms with Gasteiger partial charge in [-0.25, -0.2) is 4.68 Å². The molecule has 0 unspecified atom stereocenters. The molecule has 3 rings (SSSR count). The second kappa shape index (κ2) is 8.73. The Hall–Kier alpha value is -2.79. The summed E-state index contributed by atoms with van der Waals surface area (Å²) in [6.07, 6.45) is 1.95. The average molecular weight is 384 g/mol. The maximum Gasteiger partial charge on any atom is 0.270 e. The monoisotopic (exact) mass is 383 g/mol. The van der Waals surface area contributed by atoms with E-state index in [9.17, 15) is 4.79 Å². The summed E-state index contributed by atoms with van der Waals surface area (Å²) >= 11 is 6.32. The molecule has 0 bridgehead atoms. The van der Waals surface area contributed by atoms with Crippen LogP contribution >= 0.6 is 11.6 Å². The van der Waals surface area contributed by atoms with Crippen molar-refractivity contribution in [3.05, 3.63) is 65.3 Å². The van der Waals surface area contributed by atoms with Crippen molar-refractivity contribution in [1.82, 2.24) is 15.1 Å². The summed E-state index contributed by atoms with van der Waals surface area (Å²) in [5.74, 6) is 0.580. The van der Waals surface area contributed by atoms with Gasteiger partial charge >= 0.3 is 0 Å². The van der Waals surface area contributed by atoms with E-state index in [1.165, 1.54) is 0 Å². The number of nitrogens with one attached hydrogen (secondary N) is 1. The Morgan fingerprint density at radius 3 is 2.59 bits per heavy atom. The zero-order valence-corrected chi connectivity index (χ0v) is 16.2. The van der Waals surface area contributed by atoms with Crippen LogP contribution in [0.15, 0.2) is 54.6 Å². The maximum atomic E-state index is 12.7. The molecule has 0 radical (unpaired) electrons. The number of carbonyl (C=O) groups is 1. The predicted molar refractivity (Wildman–Crippen MR) is 108 cm³/mol. The van der Waals surface area contributed by atoms with Gasteiger partial charge in [-0.15, -0.1) is 0 Å². The van der Waals surface area contributed by atoms with E-state index in [1.54, 1.807) is 17.9 Å². The number of hydrogen-bond donors (Lipinski definition) is 1. The minimum absolute atomic E-state index is 0.162. The van der Waals surface area contributed by atoms with E-state index in [-0.39, 0.29) is 5.91 Å². The molecule has 0 atom stereocenters. The van der Waals surface area contributed by atoms with Crippen LogP contribution in [0.4, 0.5) is 0 Å². The van der Waals surface area contributed by atoms with Gasteiger partial charge in [-0.1, -0.05) is 43.1 Å². The quantitative estimate of drug-likeness (QED) is 0.600. The molecular weight excluding hydrogens is 362 g/mol. The second-order valence-corrected chi connectivity index (χ2v) is 6.52. The first-order valence-electron chi connectivity index (χ1n) is 8.91. The molecule has 27 heavy (non-hydrogen) atoms.